The number of benzene rings is 4. The van der Waals surface area contributed by atoms with E-state index in [1.807, 2.05) is 0 Å². The number of anilines is 2. The molecule has 5 aromatic rings. The third-order valence-electron chi connectivity index (χ3n) is 12.0. The first-order chi connectivity index (χ1) is 34.0. The summed E-state index contributed by atoms with van der Waals surface area (Å²) < 4.78 is 66.5. The molecule has 382 valence electrons. The van der Waals surface area contributed by atoms with E-state index in [1.165, 1.54) is 77.9 Å². The molecule has 2 aliphatic heterocycles. The van der Waals surface area contributed by atoms with Crippen molar-refractivity contribution >= 4 is 82.8 Å². The SMILES string of the molecule is Cl.N[C@H]1CCc2c(C(=O)Nc3ccc(F)c(Cl)c3)ccc(F)c21.O=C1CCC[C@H](COC(=O)N[C@H]2CCc3c(C(=O)Nc4ccc(F)c(Cl)c4)ccc(F)c32)N1.O=C1CCC[C@H](COC(=O)n2ccnc2)N1. The highest BCUT2D eigenvalue weighted by atomic mass is 35.5. The number of fused-ring (bicyclic) bond motifs is 2. The Kier molecular flexibility index (Phi) is 19.0. The van der Waals surface area contributed by atoms with Gasteiger partial charge in [0.05, 0.1) is 28.2 Å². The van der Waals surface area contributed by atoms with E-state index in [2.05, 4.69) is 31.6 Å². The lowest BCUT2D eigenvalue weighted by atomic mass is 10.0. The first-order valence-electron chi connectivity index (χ1n) is 22.6. The van der Waals surface area contributed by atoms with Crippen LogP contribution in [0, 0.1) is 23.3 Å². The Morgan fingerprint density at radius 1 is 0.681 bits per heavy atom. The smallest absolute Gasteiger partial charge is 0.419 e. The minimum absolute atomic E-state index is 0. The topological polar surface area (TPSA) is 225 Å². The zero-order valence-corrected chi connectivity index (χ0v) is 40.5. The average molecular weight is 1060 g/mol. The normalized spacial score (nSPS) is 18.4. The van der Waals surface area contributed by atoms with Crippen LogP contribution in [0.25, 0.3) is 0 Å². The number of carbonyl (C=O) groups excluding carboxylic acids is 6. The summed E-state index contributed by atoms with van der Waals surface area (Å²) >= 11 is 11.4. The van der Waals surface area contributed by atoms with Gasteiger partial charge >= 0.3 is 12.2 Å². The van der Waals surface area contributed by atoms with Crippen molar-refractivity contribution in [2.45, 2.75) is 88.4 Å². The number of carbonyl (C=O) groups is 6. The van der Waals surface area contributed by atoms with E-state index in [4.69, 9.17) is 38.4 Å². The minimum Gasteiger partial charge on any atom is -0.447 e. The van der Waals surface area contributed by atoms with Crippen LogP contribution in [0.15, 0.2) is 79.4 Å². The van der Waals surface area contributed by atoms with Crippen molar-refractivity contribution in [3.8, 4) is 0 Å². The van der Waals surface area contributed by atoms with E-state index in [0.29, 0.717) is 72.2 Å². The fourth-order valence-electron chi connectivity index (χ4n) is 8.57. The zero-order valence-electron chi connectivity index (χ0n) is 38.2. The summed E-state index contributed by atoms with van der Waals surface area (Å²) in [5.74, 6) is -3.03. The summed E-state index contributed by atoms with van der Waals surface area (Å²) in [6.07, 6.45) is 9.32. The molecule has 0 unspecified atom stereocenters. The summed E-state index contributed by atoms with van der Waals surface area (Å²) in [7, 11) is 0. The van der Waals surface area contributed by atoms with Crippen molar-refractivity contribution in [3.63, 3.8) is 0 Å². The second-order valence-corrected chi connectivity index (χ2v) is 17.8. The van der Waals surface area contributed by atoms with Gasteiger partial charge in [0.2, 0.25) is 11.8 Å². The average Bonchev–Trinajstić information content (AvgIpc) is 4.13. The number of imidazole rings is 1. The highest BCUT2D eigenvalue weighted by Gasteiger charge is 2.32. The Bertz CT molecular complexity index is 2830. The molecule has 1 aromatic heterocycles. The van der Waals surface area contributed by atoms with Crippen LogP contribution in [0.5, 0.6) is 0 Å². The van der Waals surface area contributed by atoms with Gasteiger partial charge in [-0.3, -0.25) is 19.2 Å². The predicted molar refractivity (Wildman–Crippen MR) is 260 cm³/mol. The predicted octanol–water partition coefficient (Wildman–Crippen LogP) is 9.03. The van der Waals surface area contributed by atoms with E-state index in [-0.39, 0.29) is 82.6 Å². The number of amides is 5. The molecule has 2 aliphatic carbocycles. The minimum atomic E-state index is -0.720. The number of ether oxygens (including phenoxy) is 2. The lowest BCUT2D eigenvalue weighted by Crippen LogP contribution is -2.43. The van der Waals surface area contributed by atoms with Gasteiger partial charge in [0.15, 0.2) is 0 Å². The number of rotatable bonds is 9. The number of nitrogens with two attached hydrogens (primary N) is 1. The van der Waals surface area contributed by atoms with Crippen LogP contribution in [-0.2, 0) is 31.9 Å². The maximum atomic E-state index is 14.6. The molecule has 5 amide bonds. The molecule has 2 fully saturated rings. The monoisotopic (exact) mass is 1060 g/mol. The van der Waals surface area contributed by atoms with Crippen molar-refractivity contribution in [2.24, 2.45) is 5.73 Å². The van der Waals surface area contributed by atoms with Gasteiger partial charge in [-0.15, -0.1) is 12.4 Å². The van der Waals surface area contributed by atoms with Gasteiger partial charge < -0.3 is 41.8 Å². The molecule has 4 aromatic carbocycles. The molecule has 23 heteroatoms. The van der Waals surface area contributed by atoms with Crippen LogP contribution in [-0.4, -0.2) is 70.7 Å². The maximum absolute atomic E-state index is 14.6. The molecule has 3 heterocycles. The zero-order chi connectivity index (χ0) is 50.8. The highest BCUT2D eigenvalue weighted by Crippen LogP contribution is 2.37. The first kappa shape index (κ1) is 54.6. The van der Waals surface area contributed by atoms with Crippen LogP contribution < -0.4 is 32.3 Å². The van der Waals surface area contributed by atoms with Crippen molar-refractivity contribution in [1.29, 1.82) is 0 Å². The fraction of sp³-hybridized carbons (Fsp3) is 0.327. The third-order valence-corrected chi connectivity index (χ3v) is 12.6. The molecule has 0 bridgehead atoms. The Balaban J connectivity index is 0.000000188. The van der Waals surface area contributed by atoms with Crippen molar-refractivity contribution in [2.75, 3.05) is 23.8 Å². The molecule has 4 aliphatic rings. The molecule has 16 nitrogen and oxygen atoms in total. The van der Waals surface area contributed by atoms with E-state index >= 15 is 0 Å². The second-order valence-electron chi connectivity index (χ2n) is 17.0. The molecule has 2 saturated heterocycles. The van der Waals surface area contributed by atoms with E-state index in [1.54, 1.807) is 0 Å². The highest BCUT2D eigenvalue weighted by molar-refractivity contribution is 6.31. The molecule has 7 N–H and O–H groups in total. The van der Waals surface area contributed by atoms with Crippen LogP contribution in [0.1, 0.15) is 106 Å². The molecular weight excluding hydrogens is 1010 g/mol. The van der Waals surface area contributed by atoms with Gasteiger partial charge in [0.1, 0.15) is 42.8 Å². The summed E-state index contributed by atoms with van der Waals surface area (Å²) in [6, 6.07) is 11.6. The van der Waals surface area contributed by atoms with Gasteiger partial charge in [-0.05, 0) is 123 Å². The number of nitrogens with one attached hydrogen (secondary N) is 5. The molecule has 0 radical (unpaired) electrons. The van der Waals surface area contributed by atoms with Crippen LogP contribution in [0.2, 0.25) is 10.0 Å². The number of piperidine rings is 2. The summed E-state index contributed by atoms with van der Waals surface area (Å²) in [5, 5.41) is 13.2. The van der Waals surface area contributed by atoms with Crippen molar-refractivity contribution in [3.05, 3.63) is 146 Å². The van der Waals surface area contributed by atoms with Gasteiger partial charge in [-0.2, -0.15) is 0 Å². The number of halogens is 7. The Morgan fingerprint density at radius 3 is 1.69 bits per heavy atom. The van der Waals surface area contributed by atoms with Crippen LogP contribution in [0.4, 0.5) is 38.5 Å². The van der Waals surface area contributed by atoms with Crippen molar-refractivity contribution < 1.29 is 55.8 Å². The van der Waals surface area contributed by atoms with Gasteiger partial charge in [0, 0.05) is 64.9 Å². The lowest BCUT2D eigenvalue weighted by Gasteiger charge is -2.23. The molecule has 4 atom stereocenters. The molecule has 0 saturated carbocycles. The summed E-state index contributed by atoms with van der Waals surface area (Å²) in [5.41, 5.74) is 8.96. The first-order valence-corrected chi connectivity index (χ1v) is 23.4. The van der Waals surface area contributed by atoms with E-state index in [0.717, 1.165) is 31.7 Å². The Morgan fingerprint density at radius 2 is 1.18 bits per heavy atom. The van der Waals surface area contributed by atoms with Gasteiger partial charge in [0.25, 0.3) is 11.8 Å². The molecule has 72 heavy (non-hydrogen) atoms. The number of aromatic nitrogens is 2. The number of nitrogens with zero attached hydrogens (tertiary/aromatic N) is 2. The lowest BCUT2D eigenvalue weighted by molar-refractivity contribution is -0.124. The number of hydrogen-bond acceptors (Lipinski definition) is 10. The van der Waals surface area contributed by atoms with E-state index < -0.39 is 47.5 Å². The van der Waals surface area contributed by atoms with Gasteiger partial charge in [-0.25, -0.2) is 36.7 Å². The summed E-state index contributed by atoms with van der Waals surface area (Å²) in [4.78, 5) is 75.1. The number of hydrogen-bond donors (Lipinski definition) is 6. The quantitative estimate of drug-likeness (QED) is 0.0768. The largest absolute Gasteiger partial charge is 0.447 e. The molecule has 0 spiro atoms. The fourth-order valence-corrected chi connectivity index (χ4v) is 8.93. The third kappa shape index (κ3) is 14.0. The number of alkyl carbamates (subject to hydrolysis) is 1. The van der Waals surface area contributed by atoms with Crippen molar-refractivity contribution in [1.82, 2.24) is 25.5 Å². The Hall–Kier alpha value is -6.74. The van der Waals surface area contributed by atoms with Gasteiger partial charge in [-0.1, -0.05) is 23.2 Å². The Labute approximate surface area is 426 Å². The molecule has 9 rings (SSSR count). The van der Waals surface area contributed by atoms with Crippen LogP contribution >= 0.6 is 35.6 Å². The van der Waals surface area contributed by atoms with Crippen LogP contribution in [0.3, 0.4) is 0 Å². The summed E-state index contributed by atoms with van der Waals surface area (Å²) in [6.45, 7) is 0.241. The standard InChI is InChI=1S/C23H22ClF2N3O4.C16H13ClF2N2O.C10H13N3O3.ClH/c24-16-10-12(4-7-17(16)25)28-22(31)15-5-8-18(26)21-14(15)6-9-19(21)29-23(32)33-11-13-2-1-3-20(30)27-13;17-11-7-8(1-4-12(11)18)21-16(22)10-2-5-13(19)15-9(10)3-6-14(15)20;14-9-3-1-2-8(12-9)6-16-10(15)13-5-4-11-7-13;/h4-5,7-8,10,13,19H,1-3,6,9,11H2,(H,27,30)(H,28,31)(H,29,32);1-2,4-5,7,14H,3,6,20H2,(H,21,22);4-5,7-8H,1-3,6H2,(H,12,14);1H/t13-,19+;14-;8-;/m101./s1. The molecular formula is C49H49Cl3F4N8O8. The maximum Gasteiger partial charge on any atom is 0.419 e. The second kappa shape index (κ2) is 25.1. The van der Waals surface area contributed by atoms with E-state index in [9.17, 15) is 46.3 Å².